The van der Waals surface area contributed by atoms with Crippen LogP contribution in [0.2, 0.25) is 0 Å². The number of rotatable bonds is 4. The highest BCUT2D eigenvalue weighted by Crippen LogP contribution is 2.43. The minimum atomic E-state index is -4.75. The van der Waals surface area contributed by atoms with Crippen LogP contribution in [0.3, 0.4) is 0 Å². The number of anilines is 1. The second kappa shape index (κ2) is 7.96. The Hall–Kier alpha value is -4.25. The van der Waals surface area contributed by atoms with Crippen molar-refractivity contribution in [3.63, 3.8) is 0 Å². The van der Waals surface area contributed by atoms with Gasteiger partial charge in [0.15, 0.2) is 0 Å². The first-order valence-electron chi connectivity index (χ1n) is 9.85. The third-order valence-corrected chi connectivity index (χ3v) is 6.25. The Morgan fingerprint density at radius 2 is 1.71 bits per heavy atom. The quantitative estimate of drug-likeness (QED) is 0.292. The molecule has 0 aliphatic heterocycles. The number of aromatic amines is 1. The Morgan fingerprint density at radius 3 is 2.35 bits per heavy atom. The Labute approximate surface area is 192 Å². The van der Waals surface area contributed by atoms with Crippen molar-refractivity contribution in [3.05, 3.63) is 93.3 Å². The predicted molar refractivity (Wildman–Crippen MR) is 119 cm³/mol. The Kier molecular flexibility index (Phi) is 5.05. The summed E-state index contributed by atoms with van der Waals surface area (Å²) < 4.78 is 47.9. The summed E-state index contributed by atoms with van der Waals surface area (Å²) in [6, 6.07) is 17.6. The number of nitrogens with zero attached hydrogens (tertiary/aromatic N) is 2. The monoisotopic (exact) mass is 483 g/mol. The van der Waals surface area contributed by atoms with Gasteiger partial charge in [0.05, 0.1) is 16.9 Å². The van der Waals surface area contributed by atoms with Crippen LogP contribution in [0, 0.1) is 0 Å². The van der Waals surface area contributed by atoms with Gasteiger partial charge >= 0.3 is 17.5 Å². The molecule has 5 aromatic rings. The van der Waals surface area contributed by atoms with Crippen LogP contribution in [0.25, 0.3) is 27.2 Å². The highest BCUT2D eigenvalue weighted by molar-refractivity contribution is 7.21. The van der Waals surface area contributed by atoms with Gasteiger partial charge in [0.1, 0.15) is 9.71 Å². The van der Waals surface area contributed by atoms with Crippen molar-refractivity contribution >= 4 is 33.0 Å². The second-order valence-electron chi connectivity index (χ2n) is 7.27. The number of halogens is 3. The highest BCUT2D eigenvalue weighted by Gasteiger charge is 2.39. The summed E-state index contributed by atoms with van der Waals surface area (Å²) in [5.41, 5.74) is 4.21. The summed E-state index contributed by atoms with van der Waals surface area (Å²) in [6.45, 7) is 0. The number of fused-ring (bicyclic) bond motifs is 1. The number of pyridine rings is 1. The molecule has 0 saturated heterocycles. The normalized spacial score (nSPS) is 11.7. The van der Waals surface area contributed by atoms with E-state index in [2.05, 4.69) is 10.3 Å². The molecule has 0 atom stereocenters. The lowest BCUT2D eigenvalue weighted by molar-refractivity contribution is -0.672. The average Bonchev–Trinajstić information content (AvgIpc) is 3.38. The van der Waals surface area contributed by atoms with Crippen molar-refractivity contribution in [2.75, 3.05) is 5.73 Å². The summed E-state index contributed by atoms with van der Waals surface area (Å²) >= 11 is 0.689. The number of hydrogen-bond acceptors (Lipinski definition) is 6. The maximum atomic E-state index is 14.0. The van der Waals surface area contributed by atoms with E-state index in [9.17, 15) is 22.8 Å². The number of para-hydroxylation sites is 1. The molecule has 0 radical (unpaired) electrons. The van der Waals surface area contributed by atoms with Crippen LogP contribution < -0.4 is 16.0 Å². The molecule has 7 nitrogen and oxygen atoms in total. The maximum Gasteiger partial charge on any atom is 0.439 e. The molecule has 0 bridgehead atoms. The number of H-pyrrole nitrogens is 1. The Balaban J connectivity index is 1.73. The molecule has 0 aliphatic carbocycles. The number of alkyl halides is 3. The van der Waals surface area contributed by atoms with Gasteiger partial charge in [0.2, 0.25) is 5.69 Å². The summed E-state index contributed by atoms with van der Waals surface area (Å²) in [5, 5.41) is 1.95. The highest BCUT2D eigenvalue weighted by atomic mass is 32.1. The number of thiophene rings is 1. The first kappa shape index (κ1) is 21.6. The Bertz CT molecular complexity index is 1590. The molecule has 34 heavy (non-hydrogen) atoms. The maximum absolute atomic E-state index is 14.0. The van der Waals surface area contributed by atoms with E-state index in [1.807, 2.05) is 0 Å². The first-order chi connectivity index (χ1) is 16.3. The van der Waals surface area contributed by atoms with Gasteiger partial charge in [-0.3, -0.25) is 9.32 Å². The molecular weight excluding hydrogens is 469 g/mol. The van der Waals surface area contributed by atoms with Crippen LogP contribution in [0.5, 0.6) is 0 Å². The van der Waals surface area contributed by atoms with Gasteiger partial charge in [-0.05, 0) is 16.0 Å². The summed E-state index contributed by atoms with van der Waals surface area (Å²) in [5.74, 6) is -0.881. The van der Waals surface area contributed by atoms with Crippen molar-refractivity contribution in [1.82, 2.24) is 10.3 Å². The summed E-state index contributed by atoms with van der Waals surface area (Å²) in [4.78, 5) is 29.7. The van der Waals surface area contributed by atoms with E-state index in [4.69, 9.17) is 10.3 Å². The number of ketones is 1. The minimum Gasteiger partial charge on any atom is -0.397 e. The second-order valence-corrected chi connectivity index (χ2v) is 8.27. The third-order valence-electron chi connectivity index (χ3n) is 5.16. The summed E-state index contributed by atoms with van der Waals surface area (Å²) in [7, 11) is 0. The van der Waals surface area contributed by atoms with E-state index >= 15 is 0 Å². The standard InChI is InChI=1S/C23H13F3N4O3S/c24-23(25,26)14-11-15(12-7-3-1-4-8-12)28-21-16(14)17(27)20(34-21)19(31)18-22(32)33-29-30(18)13-9-5-2-6-10-13/h1-11H,(H2-,27,29,31,32)/p+1. The van der Waals surface area contributed by atoms with E-state index in [1.54, 1.807) is 60.7 Å². The van der Waals surface area contributed by atoms with Crippen molar-refractivity contribution in [2.45, 2.75) is 6.18 Å². The Morgan fingerprint density at radius 1 is 1.06 bits per heavy atom. The molecule has 0 saturated carbocycles. The molecule has 11 heteroatoms. The zero-order valence-corrected chi connectivity index (χ0v) is 17.9. The van der Waals surface area contributed by atoms with E-state index in [1.165, 1.54) is 0 Å². The van der Waals surface area contributed by atoms with Gasteiger partial charge < -0.3 is 5.73 Å². The van der Waals surface area contributed by atoms with Crippen molar-refractivity contribution < 1.29 is 27.2 Å². The first-order valence-corrected chi connectivity index (χ1v) is 10.7. The number of hydrogen-bond donors (Lipinski definition) is 2. The van der Waals surface area contributed by atoms with Gasteiger partial charge in [-0.25, -0.2) is 9.78 Å². The zero-order chi connectivity index (χ0) is 24.0. The van der Waals surface area contributed by atoms with Crippen molar-refractivity contribution in [2.24, 2.45) is 0 Å². The van der Waals surface area contributed by atoms with E-state index in [0.717, 1.165) is 10.7 Å². The molecule has 3 N–H and O–H groups in total. The molecule has 0 spiro atoms. The average molecular weight is 483 g/mol. The number of nitrogen functional groups attached to an aromatic ring is 1. The molecule has 0 unspecified atom stereocenters. The third kappa shape index (κ3) is 3.55. The largest absolute Gasteiger partial charge is 0.439 e. The van der Waals surface area contributed by atoms with Crippen LogP contribution >= 0.6 is 11.3 Å². The number of carbonyl (C=O) groups excluding carboxylic acids is 1. The lowest BCUT2D eigenvalue weighted by atomic mass is 10.0. The fourth-order valence-electron chi connectivity index (χ4n) is 3.60. The molecular formula is C23H14F3N4O3S+. The fraction of sp³-hybridized carbons (Fsp3) is 0.0435. The van der Waals surface area contributed by atoms with Crippen molar-refractivity contribution in [3.8, 4) is 16.9 Å². The van der Waals surface area contributed by atoms with Gasteiger partial charge in [-0.2, -0.15) is 13.2 Å². The van der Waals surface area contributed by atoms with Crippen LogP contribution in [0.4, 0.5) is 18.9 Å². The van der Waals surface area contributed by atoms with Gasteiger partial charge in [-0.1, -0.05) is 48.5 Å². The van der Waals surface area contributed by atoms with Gasteiger partial charge in [0, 0.05) is 23.1 Å². The predicted octanol–water partition coefficient (Wildman–Crippen LogP) is 4.35. The molecule has 170 valence electrons. The van der Waals surface area contributed by atoms with Crippen molar-refractivity contribution in [1.29, 1.82) is 0 Å². The zero-order valence-electron chi connectivity index (χ0n) is 17.1. The molecule has 5 rings (SSSR count). The number of aromatic nitrogens is 3. The number of nitrogens with one attached hydrogen (secondary N) is 1. The van der Waals surface area contributed by atoms with Crippen LogP contribution in [-0.2, 0) is 6.18 Å². The molecule has 3 heterocycles. The molecule has 2 aromatic carbocycles. The molecule has 0 amide bonds. The minimum absolute atomic E-state index is 0.0688. The number of benzene rings is 2. The van der Waals surface area contributed by atoms with E-state index < -0.39 is 34.5 Å². The van der Waals surface area contributed by atoms with E-state index in [-0.39, 0.29) is 20.8 Å². The lowest BCUT2D eigenvalue weighted by Gasteiger charge is -2.11. The number of nitrogens with two attached hydrogens (primary N) is 1. The van der Waals surface area contributed by atoms with Gasteiger partial charge in [-0.15, -0.1) is 11.3 Å². The fourth-order valence-corrected chi connectivity index (χ4v) is 4.66. The summed E-state index contributed by atoms with van der Waals surface area (Å²) in [6.07, 6.45) is -4.75. The molecule has 0 fully saturated rings. The van der Waals surface area contributed by atoms with Gasteiger partial charge in [0.25, 0.3) is 5.78 Å². The van der Waals surface area contributed by atoms with Crippen LogP contribution in [0.15, 0.2) is 76.0 Å². The van der Waals surface area contributed by atoms with Crippen LogP contribution in [0.1, 0.15) is 20.9 Å². The lowest BCUT2D eigenvalue weighted by Crippen LogP contribution is -2.41. The van der Waals surface area contributed by atoms with E-state index in [0.29, 0.717) is 22.6 Å². The SMILES string of the molecule is Nc1c(C(=O)c2c(=O)o[nH][n+]2-c2ccccc2)sc2nc(-c3ccccc3)cc(C(F)(F)F)c12. The smallest absolute Gasteiger partial charge is 0.397 e. The van der Waals surface area contributed by atoms with Crippen LogP contribution in [-0.4, -0.2) is 16.0 Å². The molecule has 3 aromatic heterocycles. The topological polar surface area (TPSA) is 106 Å². The molecule has 0 aliphatic rings. The number of carbonyl (C=O) groups is 1.